The van der Waals surface area contributed by atoms with Gasteiger partial charge in [-0.3, -0.25) is 4.79 Å². The summed E-state index contributed by atoms with van der Waals surface area (Å²) in [6, 6.07) is 17.2. The maximum Gasteiger partial charge on any atom is 0.272 e. The van der Waals surface area contributed by atoms with E-state index in [0.29, 0.717) is 29.8 Å². The quantitative estimate of drug-likeness (QED) is 0.627. The normalized spacial score (nSPS) is 10.6. The standard InChI is InChI=1S/C22H23ClN4O/c1-4-27(14-17-8-6-5-7-9-17)21(28)20-13-16(3)24-22(26-20)25-19-11-10-18(23)12-15(19)2/h5-13H,4,14H2,1-3H3,(H,24,25,26). The molecule has 0 unspecified atom stereocenters. The second-order valence-corrected chi connectivity index (χ2v) is 7.04. The molecule has 144 valence electrons. The van der Waals surface area contributed by atoms with Gasteiger partial charge >= 0.3 is 0 Å². The van der Waals surface area contributed by atoms with Crippen molar-refractivity contribution in [2.45, 2.75) is 27.3 Å². The molecule has 0 spiro atoms. The number of nitrogens with one attached hydrogen (secondary N) is 1. The van der Waals surface area contributed by atoms with Gasteiger partial charge in [-0.05, 0) is 56.2 Å². The van der Waals surface area contributed by atoms with Gasteiger partial charge in [-0.1, -0.05) is 41.9 Å². The van der Waals surface area contributed by atoms with Crippen LogP contribution in [-0.4, -0.2) is 27.3 Å². The summed E-state index contributed by atoms with van der Waals surface area (Å²) in [7, 11) is 0. The number of rotatable bonds is 6. The Kier molecular flexibility index (Phi) is 6.26. The molecule has 5 nitrogen and oxygen atoms in total. The predicted molar refractivity (Wildman–Crippen MR) is 113 cm³/mol. The van der Waals surface area contributed by atoms with Crippen LogP contribution in [0.25, 0.3) is 0 Å². The molecule has 3 aromatic rings. The Balaban J connectivity index is 1.84. The van der Waals surface area contributed by atoms with Crippen LogP contribution in [0.2, 0.25) is 5.02 Å². The lowest BCUT2D eigenvalue weighted by atomic mass is 10.2. The average Bonchev–Trinajstić information content (AvgIpc) is 2.68. The van der Waals surface area contributed by atoms with Crippen molar-refractivity contribution in [3.05, 3.63) is 82.1 Å². The van der Waals surface area contributed by atoms with Crippen molar-refractivity contribution in [3.8, 4) is 0 Å². The molecule has 0 saturated carbocycles. The van der Waals surface area contributed by atoms with Crippen LogP contribution in [0.4, 0.5) is 11.6 Å². The zero-order chi connectivity index (χ0) is 20.1. The predicted octanol–water partition coefficient (Wildman–Crippen LogP) is 5.15. The molecule has 2 aromatic carbocycles. The summed E-state index contributed by atoms with van der Waals surface area (Å²) >= 11 is 6.02. The molecule has 0 aliphatic carbocycles. The van der Waals surface area contributed by atoms with Gasteiger partial charge in [0.2, 0.25) is 5.95 Å². The van der Waals surface area contributed by atoms with Crippen molar-refractivity contribution >= 4 is 29.1 Å². The summed E-state index contributed by atoms with van der Waals surface area (Å²) in [5.41, 5.74) is 4.01. The van der Waals surface area contributed by atoms with Crippen molar-refractivity contribution in [3.63, 3.8) is 0 Å². The number of amides is 1. The Morgan fingerprint density at radius 1 is 1.07 bits per heavy atom. The molecule has 0 aliphatic rings. The molecule has 1 aromatic heterocycles. The number of aryl methyl sites for hydroxylation is 2. The first-order chi connectivity index (χ1) is 13.5. The number of anilines is 2. The molecule has 1 amide bonds. The zero-order valence-corrected chi connectivity index (χ0v) is 17.0. The van der Waals surface area contributed by atoms with Crippen molar-refractivity contribution < 1.29 is 4.79 Å². The number of benzene rings is 2. The minimum atomic E-state index is -0.118. The van der Waals surface area contributed by atoms with E-state index >= 15 is 0 Å². The average molecular weight is 395 g/mol. The van der Waals surface area contributed by atoms with Crippen LogP contribution in [0.1, 0.15) is 34.2 Å². The molecular formula is C22H23ClN4O. The number of nitrogens with zero attached hydrogens (tertiary/aromatic N) is 3. The van der Waals surface area contributed by atoms with Crippen molar-refractivity contribution in [1.82, 2.24) is 14.9 Å². The highest BCUT2D eigenvalue weighted by atomic mass is 35.5. The summed E-state index contributed by atoms with van der Waals surface area (Å²) in [5.74, 6) is 0.275. The maximum atomic E-state index is 13.0. The lowest BCUT2D eigenvalue weighted by Gasteiger charge is -2.21. The monoisotopic (exact) mass is 394 g/mol. The lowest BCUT2D eigenvalue weighted by molar-refractivity contribution is 0.0746. The second kappa shape index (κ2) is 8.85. The molecule has 3 rings (SSSR count). The summed E-state index contributed by atoms with van der Waals surface area (Å²) in [5, 5.41) is 3.86. The molecule has 6 heteroatoms. The first-order valence-corrected chi connectivity index (χ1v) is 9.56. The highest BCUT2D eigenvalue weighted by Gasteiger charge is 2.18. The molecule has 0 radical (unpaired) electrons. The molecule has 0 fully saturated rings. The smallest absolute Gasteiger partial charge is 0.272 e. The zero-order valence-electron chi connectivity index (χ0n) is 16.2. The summed E-state index contributed by atoms with van der Waals surface area (Å²) in [4.78, 5) is 23.7. The number of carbonyl (C=O) groups excluding carboxylic acids is 1. The third kappa shape index (κ3) is 4.87. The molecule has 28 heavy (non-hydrogen) atoms. The molecule has 0 saturated heterocycles. The van der Waals surface area contributed by atoms with Crippen LogP contribution >= 0.6 is 11.6 Å². The lowest BCUT2D eigenvalue weighted by Crippen LogP contribution is -2.31. The van der Waals surface area contributed by atoms with Gasteiger partial charge in [0.15, 0.2) is 0 Å². The number of aromatic nitrogens is 2. The molecular weight excluding hydrogens is 372 g/mol. The number of carbonyl (C=O) groups is 1. The van der Waals surface area contributed by atoms with E-state index in [0.717, 1.165) is 22.5 Å². The number of halogens is 1. The molecule has 0 bridgehead atoms. The molecule has 0 atom stereocenters. The summed E-state index contributed by atoms with van der Waals surface area (Å²) in [6.45, 7) is 6.90. The minimum Gasteiger partial charge on any atom is -0.333 e. The van der Waals surface area contributed by atoms with E-state index < -0.39 is 0 Å². The van der Waals surface area contributed by atoms with Crippen LogP contribution in [0, 0.1) is 13.8 Å². The Labute approximate surface area is 170 Å². The molecule has 0 aliphatic heterocycles. The van der Waals surface area contributed by atoms with E-state index in [1.54, 1.807) is 17.0 Å². The van der Waals surface area contributed by atoms with Crippen molar-refractivity contribution in [1.29, 1.82) is 0 Å². The van der Waals surface area contributed by atoms with E-state index in [2.05, 4.69) is 15.3 Å². The highest BCUT2D eigenvalue weighted by Crippen LogP contribution is 2.22. The Bertz CT molecular complexity index is 976. The number of hydrogen-bond donors (Lipinski definition) is 1. The Morgan fingerprint density at radius 3 is 2.50 bits per heavy atom. The van der Waals surface area contributed by atoms with Gasteiger partial charge < -0.3 is 10.2 Å². The van der Waals surface area contributed by atoms with Crippen LogP contribution < -0.4 is 5.32 Å². The maximum absolute atomic E-state index is 13.0. The van der Waals surface area contributed by atoms with Crippen molar-refractivity contribution in [2.75, 3.05) is 11.9 Å². The largest absolute Gasteiger partial charge is 0.333 e. The fourth-order valence-corrected chi connectivity index (χ4v) is 3.14. The van der Waals surface area contributed by atoms with E-state index in [4.69, 9.17) is 11.6 Å². The second-order valence-electron chi connectivity index (χ2n) is 6.61. The molecule has 1 heterocycles. The molecule has 1 N–H and O–H groups in total. The Morgan fingerprint density at radius 2 is 1.82 bits per heavy atom. The van der Waals surface area contributed by atoms with Gasteiger partial charge in [-0.2, -0.15) is 0 Å². The Hall–Kier alpha value is -2.92. The fourth-order valence-electron chi connectivity index (χ4n) is 2.91. The third-order valence-electron chi connectivity index (χ3n) is 4.39. The fraction of sp³-hybridized carbons (Fsp3) is 0.227. The first-order valence-electron chi connectivity index (χ1n) is 9.18. The number of hydrogen-bond acceptors (Lipinski definition) is 4. The van der Waals surface area contributed by atoms with Gasteiger partial charge in [-0.25, -0.2) is 9.97 Å². The van der Waals surface area contributed by atoms with Crippen molar-refractivity contribution in [2.24, 2.45) is 0 Å². The van der Waals surface area contributed by atoms with E-state index in [-0.39, 0.29) is 5.91 Å². The van der Waals surface area contributed by atoms with Gasteiger partial charge in [0, 0.05) is 29.5 Å². The van der Waals surface area contributed by atoms with Gasteiger partial charge in [0.05, 0.1) is 0 Å². The van der Waals surface area contributed by atoms with Gasteiger partial charge in [0.1, 0.15) is 5.69 Å². The SMILES string of the molecule is CCN(Cc1ccccc1)C(=O)c1cc(C)nc(Nc2ccc(Cl)cc2C)n1. The van der Waals surface area contributed by atoms with Crippen LogP contribution in [0.5, 0.6) is 0 Å². The topological polar surface area (TPSA) is 58.1 Å². The van der Waals surface area contributed by atoms with Crippen LogP contribution in [0.15, 0.2) is 54.6 Å². The first kappa shape index (κ1) is 19.8. The van der Waals surface area contributed by atoms with Gasteiger partial charge in [0.25, 0.3) is 5.91 Å². The minimum absolute atomic E-state index is 0.118. The van der Waals surface area contributed by atoms with Crippen LogP contribution in [-0.2, 0) is 6.54 Å². The summed E-state index contributed by atoms with van der Waals surface area (Å²) < 4.78 is 0. The van der Waals surface area contributed by atoms with E-state index in [9.17, 15) is 4.79 Å². The highest BCUT2D eigenvalue weighted by molar-refractivity contribution is 6.30. The van der Waals surface area contributed by atoms with E-state index in [1.165, 1.54) is 0 Å². The summed E-state index contributed by atoms with van der Waals surface area (Å²) in [6.07, 6.45) is 0. The van der Waals surface area contributed by atoms with Crippen LogP contribution in [0.3, 0.4) is 0 Å². The van der Waals surface area contributed by atoms with E-state index in [1.807, 2.05) is 63.2 Å². The third-order valence-corrected chi connectivity index (χ3v) is 4.63. The van der Waals surface area contributed by atoms with Gasteiger partial charge in [-0.15, -0.1) is 0 Å².